The molecule has 0 saturated carbocycles. The Kier molecular flexibility index (Phi) is 6.95. The van der Waals surface area contributed by atoms with Crippen molar-refractivity contribution in [3.8, 4) is 5.75 Å². The van der Waals surface area contributed by atoms with E-state index in [-0.39, 0.29) is 24.8 Å². The second kappa shape index (κ2) is 9.63. The molecule has 1 fully saturated rings. The smallest absolute Gasteiger partial charge is 0.338 e. The number of carbonyl (C=O) groups excluding carboxylic acids is 3. The highest BCUT2D eigenvalue weighted by Crippen LogP contribution is 2.35. The van der Waals surface area contributed by atoms with Crippen LogP contribution < -0.4 is 15.0 Å². The van der Waals surface area contributed by atoms with Crippen LogP contribution in [0.5, 0.6) is 5.75 Å². The van der Waals surface area contributed by atoms with E-state index in [1.165, 1.54) is 12.0 Å². The van der Waals surface area contributed by atoms with Crippen molar-refractivity contribution < 1.29 is 23.9 Å². The lowest BCUT2D eigenvalue weighted by Gasteiger charge is -2.20. The molecule has 1 atom stereocenters. The maximum absolute atomic E-state index is 12.7. The molecule has 1 heterocycles. The average Bonchev–Trinajstić information content (AvgIpc) is 3.14. The molecule has 158 valence electrons. The molecule has 0 aliphatic carbocycles. The van der Waals surface area contributed by atoms with E-state index in [0.29, 0.717) is 34.3 Å². The third-order valence-corrected chi connectivity index (χ3v) is 4.99. The SMILES string of the molecule is CCCOC(=O)c1ccc(NC(=O)[C@H]2CC(=O)N(c3cc(Cl)ccc3OC)C2)cc1. The van der Waals surface area contributed by atoms with Gasteiger partial charge in [-0.3, -0.25) is 9.59 Å². The highest BCUT2D eigenvalue weighted by atomic mass is 35.5. The maximum atomic E-state index is 12.7. The van der Waals surface area contributed by atoms with E-state index in [9.17, 15) is 14.4 Å². The molecule has 0 spiro atoms. The van der Waals surface area contributed by atoms with E-state index < -0.39 is 11.9 Å². The fraction of sp³-hybridized carbons (Fsp3) is 0.318. The van der Waals surface area contributed by atoms with E-state index in [1.54, 1.807) is 42.5 Å². The van der Waals surface area contributed by atoms with Gasteiger partial charge in [-0.1, -0.05) is 18.5 Å². The molecule has 0 radical (unpaired) electrons. The molecule has 7 nitrogen and oxygen atoms in total. The average molecular weight is 431 g/mol. The van der Waals surface area contributed by atoms with Gasteiger partial charge in [0.25, 0.3) is 0 Å². The Morgan fingerprint density at radius 2 is 1.93 bits per heavy atom. The van der Waals surface area contributed by atoms with E-state index in [1.807, 2.05) is 6.92 Å². The largest absolute Gasteiger partial charge is 0.495 e. The summed E-state index contributed by atoms with van der Waals surface area (Å²) < 4.78 is 10.4. The van der Waals surface area contributed by atoms with Crippen LogP contribution in [0, 0.1) is 5.92 Å². The molecule has 0 aromatic heterocycles. The van der Waals surface area contributed by atoms with Gasteiger partial charge in [0.05, 0.1) is 30.9 Å². The molecular formula is C22H23ClN2O5. The number of nitrogens with one attached hydrogen (secondary N) is 1. The van der Waals surface area contributed by atoms with Crippen molar-refractivity contribution in [2.75, 3.05) is 30.5 Å². The number of anilines is 2. The van der Waals surface area contributed by atoms with Crippen molar-refractivity contribution in [1.82, 2.24) is 0 Å². The number of rotatable bonds is 7. The van der Waals surface area contributed by atoms with Crippen LogP contribution in [0.15, 0.2) is 42.5 Å². The molecular weight excluding hydrogens is 408 g/mol. The summed E-state index contributed by atoms with van der Waals surface area (Å²) >= 11 is 6.06. The van der Waals surface area contributed by atoms with Crippen LogP contribution in [-0.4, -0.2) is 38.0 Å². The summed E-state index contributed by atoms with van der Waals surface area (Å²) in [4.78, 5) is 38.6. The van der Waals surface area contributed by atoms with Gasteiger partial charge in [0, 0.05) is 23.7 Å². The molecule has 0 bridgehead atoms. The first-order valence-electron chi connectivity index (χ1n) is 9.65. The van der Waals surface area contributed by atoms with Crippen LogP contribution >= 0.6 is 11.6 Å². The van der Waals surface area contributed by atoms with Crippen LogP contribution in [0.25, 0.3) is 0 Å². The van der Waals surface area contributed by atoms with Crippen molar-refractivity contribution in [2.24, 2.45) is 5.92 Å². The Bertz CT molecular complexity index is 945. The molecule has 1 saturated heterocycles. The number of carbonyl (C=O) groups is 3. The van der Waals surface area contributed by atoms with Gasteiger partial charge < -0.3 is 19.7 Å². The summed E-state index contributed by atoms with van der Waals surface area (Å²) in [5, 5.41) is 3.27. The fourth-order valence-electron chi connectivity index (χ4n) is 3.20. The zero-order valence-corrected chi connectivity index (χ0v) is 17.6. The van der Waals surface area contributed by atoms with Gasteiger partial charge in [-0.15, -0.1) is 0 Å². The van der Waals surface area contributed by atoms with Crippen molar-refractivity contribution >= 4 is 40.8 Å². The van der Waals surface area contributed by atoms with E-state index in [4.69, 9.17) is 21.1 Å². The van der Waals surface area contributed by atoms with Crippen molar-refractivity contribution in [1.29, 1.82) is 0 Å². The monoisotopic (exact) mass is 430 g/mol. The summed E-state index contributed by atoms with van der Waals surface area (Å²) in [5.41, 5.74) is 1.50. The van der Waals surface area contributed by atoms with Gasteiger partial charge in [0.2, 0.25) is 11.8 Å². The van der Waals surface area contributed by atoms with Gasteiger partial charge >= 0.3 is 5.97 Å². The zero-order chi connectivity index (χ0) is 21.7. The fourth-order valence-corrected chi connectivity index (χ4v) is 3.37. The normalized spacial score (nSPS) is 15.8. The molecule has 1 aliphatic rings. The highest BCUT2D eigenvalue weighted by Gasteiger charge is 2.36. The van der Waals surface area contributed by atoms with Gasteiger partial charge in [0.15, 0.2) is 0 Å². The van der Waals surface area contributed by atoms with Crippen molar-refractivity contribution in [2.45, 2.75) is 19.8 Å². The lowest BCUT2D eigenvalue weighted by molar-refractivity contribution is -0.122. The topological polar surface area (TPSA) is 84.9 Å². The molecule has 1 N–H and O–H groups in total. The summed E-state index contributed by atoms with van der Waals surface area (Å²) in [5.74, 6) is -0.852. The van der Waals surface area contributed by atoms with Crippen molar-refractivity contribution in [3.63, 3.8) is 0 Å². The Balaban J connectivity index is 1.65. The van der Waals surface area contributed by atoms with Crippen LogP contribution in [0.2, 0.25) is 5.02 Å². The Morgan fingerprint density at radius 1 is 1.20 bits per heavy atom. The second-order valence-corrected chi connectivity index (χ2v) is 7.36. The number of esters is 1. The molecule has 8 heteroatoms. The minimum atomic E-state index is -0.518. The molecule has 30 heavy (non-hydrogen) atoms. The van der Waals surface area contributed by atoms with Gasteiger partial charge in [0.1, 0.15) is 5.75 Å². The molecule has 2 aromatic carbocycles. The van der Waals surface area contributed by atoms with Gasteiger partial charge in [-0.05, 0) is 48.9 Å². The predicted molar refractivity (Wildman–Crippen MR) is 114 cm³/mol. The second-order valence-electron chi connectivity index (χ2n) is 6.92. The minimum absolute atomic E-state index is 0.0862. The van der Waals surface area contributed by atoms with Crippen LogP contribution in [0.3, 0.4) is 0 Å². The van der Waals surface area contributed by atoms with Crippen molar-refractivity contribution in [3.05, 3.63) is 53.1 Å². The van der Waals surface area contributed by atoms with E-state index in [0.717, 1.165) is 6.42 Å². The predicted octanol–water partition coefficient (Wildman–Crippen LogP) is 3.91. The summed E-state index contributed by atoms with van der Waals surface area (Å²) in [7, 11) is 1.51. The highest BCUT2D eigenvalue weighted by molar-refractivity contribution is 6.31. The van der Waals surface area contributed by atoms with Crippen LogP contribution in [-0.2, 0) is 14.3 Å². The molecule has 0 unspecified atom stereocenters. The lowest BCUT2D eigenvalue weighted by Crippen LogP contribution is -2.28. The zero-order valence-electron chi connectivity index (χ0n) is 16.8. The third-order valence-electron chi connectivity index (χ3n) is 4.75. The van der Waals surface area contributed by atoms with Gasteiger partial charge in [-0.25, -0.2) is 4.79 Å². The standard InChI is InChI=1S/C22H23ClN2O5/c1-3-10-30-22(28)14-4-7-17(8-5-14)24-21(27)15-11-20(26)25(13-15)18-12-16(23)6-9-19(18)29-2/h4-9,12,15H,3,10-11,13H2,1-2H3,(H,24,27)/t15-/m0/s1. The number of nitrogens with zero attached hydrogens (tertiary/aromatic N) is 1. The Labute approximate surface area is 179 Å². The minimum Gasteiger partial charge on any atom is -0.495 e. The molecule has 1 aliphatic heterocycles. The van der Waals surface area contributed by atoms with Crippen LogP contribution in [0.4, 0.5) is 11.4 Å². The Hall–Kier alpha value is -3.06. The number of methoxy groups -OCH3 is 1. The quantitative estimate of drug-likeness (QED) is 0.673. The first-order chi connectivity index (χ1) is 14.4. The lowest BCUT2D eigenvalue weighted by atomic mass is 10.1. The number of hydrogen-bond donors (Lipinski definition) is 1. The van der Waals surface area contributed by atoms with E-state index in [2.05, 4.69) is 5.32 Å². The first kappa shape index (κ1) is 21.6. The molecule has 2 amide bonds. The van der Waals surface area contributed by atoms with Crippen LogP contribution in [0.1, 0.15) is 30.1 Å². The number of hydrogen-bond acceptors (Lipinski definition) is 5. The number of amides is 2. The third kappa shape index (κ3) is 4.91. The molecule has 3 rings (SSSR count). The first-order valence-corrected chi connectivity index (χ1v) is 10.0. The number of benzene rings is 2. The maximum Gasteiger partial charge on any atom is 0.338 e. The Morgan fingerprint density at radius 3 is 2.60 bits per heavy atom. The van der Waals surface area contributed by atoms with E-state index >= 15 is 0 Å². The molecule has 2 aromatic rings. The number of ether oxygens (including phenoxy) is 2. The summed E-state index contributed by atoms with van der Waals surface area (Å²) in [6.07, 6.45) is 0.834. The van der Waals surface area contributed by atoms with Gasteiger partial charge in [-0.2, -0.15) is 0 Å². The summed E-state index contributed by atoms with van der Waals surface area (Å²) in [6, 6.07) is 11.5. The number of halogens is 1. The summed E-state index contributed by atoms with van der Waals surface area (Å²) in [6.45, 7) is 2.51.